The molecule has 0 saturated carbocycles. The standard InChI is InChI=1S/C15H17Br2NO2S/c1-8-4-5-14(21-8)15(9(2)18)20-13-7-10(16)12(19-3)6-11(13)17/h4-7,9,15H,18H2,1-3H3. The van der Waals surface area contributed by atoms with Crippen LogP contribution >= 0.6 is 43.2 Å². The quantitative estimate of drug-likeness (QED) is 0.715. The maximum Gasteiger partial charge on any atom is 0.148 e. The molecule has 0 fully saturated rings. The average Bonchev–Trinajstić information content (AvgIpc) is 2.85. The number of nitrogens with two attached hydrogens (primary N) is 1. The van der Waals surface area contributed by atoms with E-state index >= 15 is 0 Å². The second-order valence-corrected chi connectivity index (χ2v) is 7.79. The lowest BCUT2D eigenvalue weighted by molar-refractivity contribution is 0.182. The van der Waals surface area contributed by atoms with Crippen molar-refractivity contribution in [2.24, 2.45) is 5.73 Å². The number of rotatable bonds is 5. The highest BCUT2D eigenvalue weighted by Gasteiger charge is 2.21. The zero-order valence-corrected chi connectivity index (χ0v) is 16.0. The molecule has 21 heavy (non-hydrogen) atoms. The molecule has 0 amide bonds. The zero-order valence-electron chi connectivity index (χ0n) is 12.0. The van der Waals surface area contributed by atoms with E-state index in [2.05, 4.69) is 50.9 Å². The smallest absolute Gasteiger partial charge is 0.148 e. The summed E-state index contributed by atoms with van der Waals surface area (Å²) in [4.78, 5) is 2.37. The van der Waals surface area contributed by atoms with Gasteiger partial charge in [0.15, 0.2) is 0 Å². The number of aryl methyl sites for hydroxylation is 1. The Balaban J connectivity index is 2.31. The first-order valence-electron chi connectivity index (χ1n) is 6.44. The Morgan fingerprint density at radius 3 is 2.29 bits per heavy atom. The Morgan fingerprint density at radius 2 is 1.76 bits per heavy atom. The Hall–Kier alpha value is -0.560. The van der Waals surface area contributed by atoms with E-state index in [4.69, 9.17) is 15.2 Å². The van der Waals surface area contributed by atoms with E-state index in [-0.39, 0.29) is 12.1 Å². The number of halogens is 2. The topological polar surface area (TPSA) is 44.5 Å². The van der Waals surface area contributed by atoms with E-state index in [0.29, 0.717) is 0 Å². The summed E-state index contributed by atoms with van der Waals surface area (Å²) in [6.45, 7) is 4.03. The molecule has 2 rings (SSSR count). The van der Waals surface area contributed by atoms with Crippen LogP contribution in [-0.4, -0.2) is 13.2 Å². The van der Waals surface area contributed by atoms with Gasteiger partial charge in [-0.2, -0.15) is 0 Å². The van der Waals surface area contributed by atoms with E-state index in [1.807, 2.05) is 19.1 Å². The molecule has 2 N–H and O–H groups in total. The fourth-order valence-corrected chi connectivity index (χ4v) is 3.85. The summed E-state index contributed by atoms with van der Waals surface area (Å²) in [5.74, 6) is 1.48. The zero-order chi connectivity index (χ0) is 15.6. The maximum absolute atomic E-state index is 6.14. The first kappa shape index (κ1) is 16.8. The molecule has 1 heterocycles. The van der Waals surface area contributed by atoms with Crippen LogP contribution in [-0.2, 0) is 0 Å². The number of hydrogen-bond donors (Lipinski definition) is 1. The molecule has 2 aromatic rings. The van der Waals surface area contributed by atoms with Gasteiger partial charge < -0.3 is 15.2 Å². The summed E-state index contributed by atoms with van der Waals surface area (Å²) < 4.78 is 13.1. The Bertz CT molecular complexity index is 628. The van der Waals surface area contributed by atoms with E-state index in [9.17, 15) is 0 Å². The van der Waals surface area contributed by atoms with Gasteiger partial charge in [-0.25, -0.2) is 0 Å². The van der Waals surface area contributed by atoms with Crippen molar-refractivity contribution >= 4 is 43.2 Å². The predicted molar refractivity (Wildman–Crippen MR) is 94.5 cm³/mol. The van der Waals surface area contributed by atoms with Crippen LogP contribution in [0.15, 0.2) is 33.2 Å². The minimum absolute atomic E-state index is 0.115. The first-order valence-corrected chi connectivity index (χ1v) is 8.84. The molecule has 1 aromatic carbocycles. The van der Waals surface area contributed by atoms with Crippen molar-refractivity contribution in [2.45, 2.75) is 26.0 Å². The van der Waals surface area contributed by atoms with Crippen molar-refractivity contribution in [1.82, 2.24) is 0 Å². The molecule has 6 heteroatoms. The molecule has 2 unspecified atom stereocenters. The Labute approximate surface area is 145 Å². The normalized spacial score (nSPS) is 13.8. The van der Waals surface area contributed by atoms with Gasteiger partial charge in [0.2, 0.25) is 0 Å². The third-order valence-electron chi connectivity index (χ3n) is 2.98. The predicted octanol–water partition coefficient (Wildman–Crippen LogP) is 5.06. The highest BCUT2D eigenvalue weighted by Crippen LogP contribution is 2.39. The fraction of sp³-hybridized carbons (Fsp3) is 0.333. The fourth-order valence-electron chi connectivity index (χ4n) is 1.92. The van der Waals surface area contributed by atoms with E-state index in [1.165, 1.54) is 4.88 Å². The maximum atomic E-state index is 6.14. The van der Waals surface area contributed by atoms with Gasteiger partial charge >= 0.3 is 0 Å². The van der Waals surface area contributed by atoms with Crippen molar-refractivity contribution in [3.8, 4) is 11.5 Å². The molecule has 1 aromatic heterocycles. The molecule has 0 radical (unpaired) electrons. The van der Waals surface area contributed by atoms with Gasteiger partial charge in [0, 0.05) is 15.8 Å². The molecule has 0 aliphatic heterocycles. The Kier molecular flexibility index (Phi) is 5.71. The van der Waals surface area contributed by atoms with Gasteiger partial charge in [-0.1, -0.05) is 0 Å². The summed E-state index contributed by atoms with van der Waals surface area (Å²) >= 11 is 8.69. The molecule has 114 valence electrons. The van der Waals surface area contributed by atoms with Gasteiger partial charge in [0.1, 0.15) is 17.6 Å². The highest BCUT2D eigenvalue weighted by atomic mass is 79.9. The molecule has 0 bridgehead atoms. The van der Waals surface area contributed by atoms with Crippen LogP contribution < -0.4 is 15.2 Å². The van der Waals surface area contributed by atoms with Crippen LogP contribution in [0.5, 0.6) is 11.5 Å². The van der Waals surface area contributed by atoms with Crippen molar-refractivity contribution in [3.63, 3.8) is 0 Å². The van der Waals surface area contributed by atoms with Crippen LogP contribution in [0.25, 0.3) is 0 Å². The second-order valence-electron chi connectivity index (χ2n) is 4.76. The van der Waals surface area contributed by atoms with Crippen LogP contribution in [0.3, 0.4) is 0 Å². The van der Waals surface area contributed by atoms with Crippen LogP contribution in [0.2, 0.25) is 0 Å². The van der Waals surface area contributed by atoms with Crippen LogP contribution in [0.1, 0.15) is 22.8 Å². The third-order valence-corrected chi connectivity index (χ3v) is 5.28. The van der Waals surface area contributed by atoms with Crippen molar-refractivity contribution in [1.29, 1.82) is 0 Å². The first-order chi connectivity index (χ1) is 9.92. The van der Waals surface area contributed by atoms with Crippen LogP contribution in [0.4, 0.5) is 0 Å². The van der Waals surface area contributed by atoms with Gasteiger partial charge in [0.25, 0.3) is 0 Å². The van der Waals surface area contributed by atoms with Gasteiger partial charge in [-0.15, -0.1) is 11.3 Å². The van der Waals surface area contributed by atoms with Gasteiger partial charge in [-0.3, -0.25) is 0 Å². The van der Waals surface area contributed by atoms with E-state index in [0.717, 1.165) is 25.3 Å². The molecule has 0 spiro atoms. The molecular weight excluding hydrogens is 418 g/mol. The number of thiophene rings is 1. The SMILES string of the molecule is COc1cc(Br)c(OC(c2ccc(C)s2)C(C)N)cc1Br. The molecule has 2 atom stereocenters. The summed E-state index contributed by atoms with van der Waals surface area (Å²) in [5, 5.41) is 0. The number of ether oxygens (including phenoxy) is 2. The molecular formula is C15H17Br2NO2S. The highest BCUT2D eigenvalue weighted by molar-refractivity contribution is 9.11. The van der Waals surface area contributed by atoms with Crippen molar-refractivity contribution < 1.29 is 9.47 Å². The van der Waals surface area contributed by atoms with Crippen molar-refractivity contribution in [2.75, 3.05) is 7.11 Å². The summed E-state index contributed by atoms with van der Waals surface area (Å²) in [6.07, 6.45) is -0.180. The second kappa shape index (κ2) is 7.13. The van der Waals surface area contributed by atoms with Gasteiger partial charge in [0.05, 0.1) is 16.1 Å². The number of benzene rings is 1. The van der Waals surface area contributed by atoms with E-state index < -0.39 is 0 Å². The molecule has 3 nitrogen and oxygen atoms in total. The monoisotopic (exact) mass is 433 g/mol. The summed E-state index contributed by atoms with van der Waals surface area (Å²) in [6, 6.07) is 7.80. The molecule has 0 aliphatic carbocycles. The lowest BCUT2D eigenvalue weighted by Gasteiger charge is -2.22. The lowest BCUT2D eigenvalue weighted by Crippen LogP contribution is -2.28. The molecule has 0 aliphatic rings. The largest absolute Gasteiger partial charge is 0.496 e. The van der Waals surface area contributed by atoms with Crippen LogP contribution in [0, 0.1) is 6.92 Å². The minimum atomic E-state index is -0.180. The molecule has 0 saturated heterocycles. The number of hydrogen-bond acceptors (Lipinski definition) is 4. The Morgan fingerprint density at radius 1 is 1.14 bits per heavy atom. The summed E-state index contributed by atoms with van der Waals surface area (Å²) in [7, 11) is 1.63. The third kappa shape index (κ3) is 4.00. The number of methoxy groups -OCH3 is 1. The van der Waals surface area contributed by atoms with Gasteiger partial charge in [-0.05, 0) is 70.0 Å². The lowest BCUT2D eigenvalue weighted by atomic mass is 10.1. The van der Waals surface area contributed by atoms with E-state index in [1.54, 1.807) is 18.4 Å². The minimum Gasteiger partial charge on any atom is -0.496 e. The average molecular weight is 435 g/mol. The van der Waals surface area contributed by atoms with Crippen molar-refractivity contribution in [3.05, 3.63) is 43.0 Å². The summed E-state index contributed by atoms with van der Waals surface area (Å²) in [5.41, 5.74) is 6.10.